The summed E-state index contributed by atoms with van der Waals surface area (Å²) in [5.41, 5.74) is 2.51. The van der Waals surface area contributed by atoms with Crippen LogP contribution in [0.15, 0.2) is 24.3 Å². The third-order valence-electron chi connectivity index (χ3n) is 4.05. The number of amides is 3. The van der Waals surface area contributed by atoms with E-state index in [4.69, 9.17) is 0 Å². The molecular weight excluding hydrogens is 292 g/mol. The first-order valence-electron chi connectivity index (χ1n) is 7.99. The third kappa shape index (κ3) is 5.16. The molecule has 1 fully saturated rings. The second-order valence-corrected chi connectivity index (χ2v) is 6.30. The molecular formula is C17H26N4O2. The van der Waals surface area contributed by atoms with Gasteiger partial charge in [0.1, 0.15) is 0 Å². The number of aryl methyl sites for hydroxylation is 1. The fraction of sp³-hybridized carbons (Fsp3) is 0.529. The van der Waals surface area contributed by atoms with Crippen molar-refractivity contribution >= 4 is 17.6 Å². The van der Waals surface area contributed by atoms with Crippen LogP contribution in [0, 0.1) is 12.8 Å². The molecule has 23 heavy (non-hydrogen) atoms. The van der Waals surface area contributed by atoms with Crippen molar-refractivity contribution in [2.75, 3.05) is 45.2 Å². The van der Waals surface area contributed by atoms with Gasteiger partial charge >= 0.3 is 6.03 Å². The van der Waals surface area contributed by atoms with Crippen molar-refractivity contribution in [3.8, 4) is 0 Å². The summed E-state index contributed by atoms with van der Waals surface area (Å²) in [5, 5.41) is 5.47. The highest BCUT2D eigenvalue weighted by Gasteiger charge is 2.23. The third-order valence-corrected chi connectivity index (χ3v) is 4.05. The Balaban J connectivity index is 1.71. The summed E-state index contributed by atoms with van der Waals surface area (Å²) in [7, 11) is 3.29. The van der Waals surface area contributed by atoms with E-state index in [1.54, 1.807) is 14.1 Å². The summed E-state index contributed by atoms with van der Waals surface area (Å²) in [6.07, 6.45) is 1.07. The van der Waals surface area contributed by atoms with Gasteiger partial charge in [-0.3, -0.25) is 4.79 Å². The predicted octanol–water partition coefficient (Wildman–Crippen LogP) is 1.21. The zero-order chi connectivity index (χ0) is 16.8. The number of nitrogens with one attached hydrogen (secondary N) is 2. The van der Waals surface area contributed by atoms with Gasteiger partial charge in [-0.15, -0.1) is 0 Å². The van der Waals surface area contributed by atoms with Gasteiger partial charge in [-0.1, -0.05) is 12.1 Å². The van der Waals surface area contributed by atoms with Crippen LogP contribution in [0.4, 0.5) is 10.5 Å². The average Bonchev–Trinajstić information content (AvgIpc) is 2.99. The standard InChI is InChI=1S/C17H26N4O2/c1-13-5-4-6-15(9-13)21-8-7-14(12-21)10-18-16(22)11-19-17(23)20(2)3/h4-6,9,14H,7-8,10-12H2,1-3H3,(H,18,22)(H,19,23)/t14-/m1/s1. The van der Waals surface area contributed by atoms with E-state index in [1.807, 2.05) is 0 Å². The summed E-state index contributed by atoms with van der Waals surface area (Å²) in [4.78, 5) is 26.9. The van der Waals surface area contributed by atoms with Crippen LogP contribution in [0.2, 0.25) is 0 Å². The van der Waals surface area contributed by atoms with Crippen LogP contribution in [-0.2, 0) is 4.79 Å². The largest absolute Gasteiger partial charge is 0.371 e. The number of benzene rings is 1. The Morgan fingerprint density at radius 3 is 2.78 bits per heavy atom. The van der Waals surface area contributed by atoms with Crippen molar-refractivity contribution in [1.29, 1.82) is 0 Å². The molecule has 1 saturated heterocycles. The maximum absolute atomic E-state index is 11.8. The van der Waals surface area contributed by atoms with Crippen molar-refractivity contribution in [3.05, 3.63) is 29.8 Å². The van der Waals surface area contributed by atoms with Crippen molar-refractivity contribution in [3.63, 3.8) is 0 Å². The normalized spacial score (nSPS) is 17.0. The number of hydrogen-bond acceptors (Lipinski definition) is 3. The van der Waals surface area contributed by atoms with Gasteiger partial charge in [0.2, 0.25) is 5.91 Å². The van der Waals surface area contributed by atoms with E-state index in [9.17, 15) is 9.59 Å². The number of rotatable bonds is 5. The maximum Gasteiger partial charge on any atom is 0.317 e. The van der Waals surface area contributed by atoms with Crippen LogP contribution < -0.4 is 15.5 Å². The fourth-order valence-electron chi connectivity index (χ4n) is 2.69. The lowest BCUT2D eigenvalue weighted by Gasteiger charge is -2.19. The molecule has 1 aromatic carbocycles. The molecule has 0 radical (unpaired) electrons. The molecule has 0 aromatic heterocycles. The summed E-state index contributed by atoms with van der Waals surface area (Å²) in [6.45, 7) is 4.73. The quantitative estimate of drug-likeness (QED) is 0.858. The summed E-state index contributed by atoms with van der Waals surface area (Å²) >= 11 is 0. The average molecular weight is 318 g/mol. The topological polar surface area (TPSA) is 64.7 Å². The molecule has 0 spiro atoms. The van der Waals surface area contributed by atoms with Crippen LogP contribution in [0.3, 0.4) is 0 Å². The van der Waals surface area contributed by atoms with Gasteiger partial charge in [0.05, 0.1) is 6.54 Å². The fourth-order valence-corrected chi connectivity index (χ4v) is 2.69. The summed E-state index contributed by atoms with van der Waals surface area (Å²) in [5.74, 6) is 0.304. The number of carbonyl (C=O) groups is 2. The minimum Gasteiger partial charge on any atom is -0.371 e. The van der Waals surface area contributed by atoms with Gasteiger partial charge in [0, 0.05) is 39.4 Å². The van der Waals surface area contributed by atoms with Crippen LogP contribution in [0.25, 0.3) is 0 Å². The minimum absolute atomic E-state index is 0.0192. The molecule has 2 N–H and O–H groups in total. The first-order chi connectivity index (χ1) is 11.0. The molecule has 1 aliphatic heterocycles. The van der Waals surface area contributed by atoms with Crippen LogP contribution in [-0.4, -0.2) is 57.1 Å². The monoisotopic (exact) mass is 318 g/mol. The van der Waals surface area contributed by atoms with E-state index in [0.717, 1.165) is 19.5 Å². The Labute approximate surface area is 137 Å². The van der Waals surface area contributed by atoms with Gasteiger partial charge in [-0.2, -0.15) is 0 Å². The molecule has 0 unspecified atom stereocenters. The second-order valence-electron chi connectivity index (χ2n) is 6.30. The predicted molar refractivity (Wildman–Crippen MR) is 91.6 cm³/mol. The van der Waals surface area contributed by atoms with Crippen molar-refractivity contribution in [1.82, 2.24) is 15.5 Å². The molecule has 126 valence electrons. The lowest BCUT2D eigenvalue weighted by molar-refractivity contribution is -0.120. The first kappa shape index (κ1) is 17.1. The lowest BCUT2D eigenvalue weighted by Crippen LogP contribution is -2.42. The van der Waals surface area contributed by atoms with Crippen LogP contribution in [0.5, 0.6) is 0 Å². The Hall–Kier alpha value is -2.24. The summed E-state index contributed by atoms with van der Waals surface area (Å²) < 4.78 is 0. The Kier molecular flexibility index (Phi) is 5.84. The minimum atomic E-state index is -0.258. The number of nitrogens with zero attached hydrogens (tertiary/aromatic N) is 2. The van der Waals surface area contributed by atoms with Gasteiger partial charge in [0.25, 0.3) is 0 Å². The Bertz CT molecular complexity index is 559. The van der Waals surface area contributed by atoms with Crippen molar-refractivity contribution in [2.45, 2.75) is 13.3 Å². The smallest absolute Gasteiger partial charge is 0.317 e. The van der Waals surface area contributed by atoms with E-state index in [0.29, 0.717) is 12.5 Å². The molecule has 3 amide bonds. The zero-order valence-electron chi connectivity index (χ0n) is 14.1. The maximum atomic E-state index is 11.8. The lowest BCUT2D eigenvalue weighted by atomic mass is 10.1. The highest BCUT2D eigenvalue weighted by atomic mass is 16.2. The molecule has 1 aromatic rings. The zero-order valence-corrected chi connectivity index (χ0v) is 14.1. The molecule has 1 heterocycles. The SMILES string of the molecule is Cc1cccc(N2CC[C@H](CNC(=O)CNC(=O)N(C)C)C2)c1. The molecule has 6 nitrogen and oxygen atoms in total. The molecule has 2 rings (SSSR count). The van der Waals surface area contributed by atoms with Gasteiger partial charge in [-0.25, -0.2) is 4.79 Å². The summed E-state index contributed by atoms with van der Waals surface area (Å²) in [6, 6.07) is 8.24. The van der Waals surface area contributed by atoms with Gasteiger partial charge in [0.15, 0.2) is 0 Å². The highest BCUT2D eigenvalue weighted by molar-refractivity contribution is 5.83. The van der Waals surface area contributed by atoms with Crippen molar-refractivity contribution in [2.24, 2.45) is 5.92 Å². The molecule has 0 bridgehead atoms. The highest BCUT2D eigenvalue weighted by Crippen LogP contribution is 2.24. The van der Waals surface area contributed by atoms with E-state index in [-0.39, 0.29) is 18.5 Å². The molecule has 1 aliphatic rings. The number of carbonyl (C=O) groups excluding carboxylic acids is 2. The first-order valence-corrected chi connectivity index (χ1v) is 7.99. The second kappa shape index (κ2) is 7.85. The number of urea groups is 1. The Morgan fingerprint density at radius 2 is 2.09 bits per heavy atom. The van der Waals surface area contributed by atoms with Gasteiger partial charge < -0.3 is 20.4 Å². The van der Waals surface area contributed by atoms with Crippen molar-refractivity contribution < 1.29 is 9.59 Å². The van der Waals surface area contributed by atoms with E-state index >= 15 is 0 Å². The number of anilines is 1. The van der Waals surface area contributed by atoms with Gasteiger partial charge in [-0.05, 0) is 37.0 Å². The van der Waals surface area contributed by atoms with Crippen LogP contribution in [0.1, 0.15) is 12.0 Å². The Morgan fingerprint density at radius 1 is 1.30 bits per heavy atom. The van der Waals surface area contributed by atoms with Crippen LogP contribution >= 0.6 is 0 Å². The van der Waals surface area contributed by atoms with E-state index < -0.39 is 0 Å². The molecule has 1 atom stereocenters. The number of hydrogen-bond donors (Lipinski definition) is 2. The molecule has 0 saturated carbocycles. The molecule has 6 heteroatoms. The molecule has 0 aliphatic carbocycles. The van der Waals surface area contributed by atoms with E-state index in [1.165, 1.54) is 16.2 Å². The van der Waals surface area contributed by atoms with E-state index in [2.05, 4.69) is 46.7 Å².